The summed E-state index contributed by atoms with van der Waals surface area (Å²) in [6, 6.07) is -1.02. The fraction of sp³-hybridized carbons (Fsp3) is 0.714. The van der Waals surface area contributed by atoms with Crippen molar-refractivity contribution in [2.75, 3.05) is 0 Å². The van der Waals surface area contributed by atoms with E-state index in [1.165, 1.54) is 0 Å². The van der Waals surface area contributed by atoms with Crippen LogP contribution < -0.4 is 5.32 Å². The summed E-state index contributed by atoms with van der Waals surface area (Å²) < 4.78 is 11.4. The number of ether oxygens (including phenoxy) is 1. The molecule has 0 aromatic rings. The zero-order chi connectivity index (χ0) is 22.2. The largest absolute Gasteiger partial charge is 0.480 e. The van der Waals surface area contributed by atoms with Crippen molar-refractivity contribution < 1.29 is 23.9 Å². The molecule has 0 aliphatic heterocycles. The van der Waals surface area contributed by atoms with Crippen molar-refractivity contribution in [1.29, 1.82) is 0 Å². The molecule has 0 rings (SSSR count). The molecule has 0 fully saturated rings. The minimum Gasteiger partial charge on any atom is -0.480 e. The number of carbonyl (C=O) groups excluding carboxylic acids is 1. The number of carboxylic acids is 1. The van der Waals surface area contributed by atoms with Crippen molar-refractivity contribution in [3.63, 3.8) is 0 Å². The molecule has 0 aromatic heterocycles. The van der Waals surface area contributed by atoms with Gasteiger partial charge in [0.1, 0.15) is 11.6 Å². The third-order valence-corrected chi connectivity index (χ3v) is 9.16. The summed E-state index contributed by atoms with van der Waals surface area (Å²) in [4.78, 5) is 23.1. The van der Waals surface area contributed by atoms with Crippen LogP contribution in [0.15, 0.2) is 24.8 Å². The highest BCUT2D eigenvalue weighted by atomic mass is 28.4. The molecule has 0 saturated heterocycles. The van der Waals surface area contributed by atoms with Gasteiger partial charge in [0.25, 0.3) is 0 Å². The second-order valence-electron chi connectivity index (χ2n) is 9.47. The lowest BCUT2D eigenvalue weighted by Crippen LogP contribution is -2.43. The highest BCUT2D eigenvalue weighted by molar-refractivity contribution is 6.74. The van der Waals surface area contributed by atoms with Crippen LogP contribution in [-0.4, -0.2) is 43.2 Å². The van der Waals surface area contributed by atoms with Gasteiger partial charge in [-0.1, -0.05) is 39.0 Å². The van der Waals surface area contributed by atoms with E-state index in [-0.39, 0.29) is 17.6 Å². The number of amides is 1. The van der Waals surface area contributed by atoms with Gasteiger partial charge in [-0.2, -0.15) is 0 Å². The van der Waals surface area contributed by atoms with E-state index in [1.807, 2.05) is 12.2 Å². The summed E-state index contributed by atoms with van der Waals surface area (Å²) in [5.74, 6) is -1.10. The first-order valence-electron chi connectivity index (χ1n) is 9.77. The Morgan fingerprint density at radius 2 is 1.71 bits per heavy atom. The van der Waals surface area contributed by atoms with Gasteiger partial charge in [0, 0.05) is 0 Å². The molecule has 28 heavy (non-hydrogen) atoms. The molecule has 2 N–H and O–H groups in total. The Bertz CT molecular complexity index is 558. The van der Waals surface area contributed by atoms with Crippen LogP contribution in [-0.2, 0) is 14.0 Å². The topological polar surface area (TPSA) is 84.9 Å². The van der Waals surface area contributed by atoms with Gasteiger partial charge in [0.05, 0.1) is 6.10 Å². The first-order chi connectivity index (χ1) is 12.6. The summed E-state index contributed by atoms with van der Waals surface area (Å²) in [6.07, 6.45) is 6.47. The highest BCUT2D eigenvalue weighted by Gasteiger charge is 2.38. The van der Waals surface area contributed by atoms with Gasteiger partial charge in [0.2, 0.25) is 0 Å². The van der Waals surface area contributed by atoms with Crippen LogP contribution in [0.5, 0.6) is 0 Å². The maximum Gasteiger partial charge on any atom is 0.408 e. The van der Waals surface area contributed by atoms with Gasteiger partial charge >= 0.3 is 12.1 Å². The summed E-state index contributed by atoms with van der Waals surface area (Å²) in [6.45, 7) is 20.1. The smallest absolute Gasteiger partial charge is 0.408 e. The Balaban J connectivity index is 4.57. The minimum atomic E-state index is -1.86. The molecule has 2 atom stereocenters. The number of rotatable bonds is 10. The first kappa shape index (κ1) is 26.4. The van der Waals surface area contributed by atoms with E-state index in [9.17, 15) is 14.7 Å². The molecule has 0 heterocycles. The number of aliphatic carboxylic acids is 1. The van der Waals surface area contributed by atoms with E-state index in [0.717, 1.165) is 12.8 Å². The Labute approximate surface area is 171 Å². The molecule has 6 nitrogen and oxygen atoms in total. The van der Waals surface area contributed by atoms with Crippen molar-refractivity contribution >= 4 is 20.4 Å². The lowest BCUT2D eigenvalue weighted by molar-refractivity contribution is -0.139. The molecule has 0 aromatic carbocycles. The molecule has 0 radical (unpaired) electrons. The number of allylic oxidation sites excluding steroid dienone is 1. The molecular formula is C21H39NO5Si. The first-order valence-corrected chi connectivity index (χ1v) is 12.7. The SMILES string of the molecule is C=CC(CC/C=C/C[C@H](NC(=O)OC(C)(C)C)C(=O)O)O[Si](C)(C)C(C)(C)C. The molecular weight excluding hydrogens is 374 g/mol. The Hall–Kier alpha value is -1.60. The Morgan fingerprint density at radius 1 is 1.14 bits per heavy atom. The maximum atomic E-state index is 11.8. The van der Waals surface area contributed by atoms with Crippen LogP contribution in [0.1, 0.15) is 60.8 Å². The number of hydrogen-bond donors (Lipinski definition) is 2. The van der Waals surface area contributed by atoms with Gasteiger partial charge in [-0.05, 0) is 58.2 Å². The second-order valence-corrected chi connectivity index (χ2v) is 14.2. The number of hydrogen-bond acceptors (Lipinski definition) is 4. The summed E-state index contributed by atoms with van der Waals surface area (Å²) in [5, 5.41) is 11.8. The Kier molecular flexibility index (Phi) is 10.2. The third-order valence-electron chi connectivity index (χ3n) is 4.66. The predicted molar refractivity (Wildman–Crippen MR) is 116 cm³/mol. The van der Waals surface area contributed by atoms with E-state index < -0.39 is 32.0 Å². The standard InChI is InChI=1S/C21H39NO5Si/c1-10-16(27-28(8,9)21(5,6)7)14-12-11-13-15-17(18(23)24)22-19(25)26-20(2,3)4/h10-11,13,16-17H,1,12,14-15H2,2-9H3,(H,22,25)(H,23,24)/b13-11+/t16?,17-/m0/s1. The molecule has 162 valence electrons. The monoisotopic (exact) mass is 413 g/mol. The molecule has 7 heteroatoms. The number of alkyl carbamates (subject to hydrolysis) is 1. The fourth-order valence-electron chi connectivity index (χ4n) is 2.06. The van der Waals surface area contributed by atoms with Gasteiger partial charge in [-0.25, -0.2) is 9.59 Å². The predicted octanol–water partition coefficient (Wildman–Crippen LogP) is 5.27. The second kappa shape index (κ2) is 10.8. The van der Waals surface area contributed by atoms with Crippen LogP contribution in [0.2, 0.25) is 18.1 Å². The third kappa shape index (κ3) is 10.7. The van der Waals surface area contributed by atoms with Gasteiger partial charge in [-0.15, -0.1) is 6.58 Å². The van der Waals surface area contributed by atoms with Crippen LogP contribution in [0.4, 0.5) is 4.79 Å². The van der Waals surface area contributed by atoms with Crippen LogP contribution in [0.3, 0.4) is 0 Å². The Morgan fingerprint density at radius 3 is 2.14 bits per heavy atom. The molecule has 0 bridgehead atoms. The molecule has 0 aliphatic rings. The van der Waals surface area contributed by atoms with Crippen LogP contribution >= 0.6 is 0 Å². The van der Waals surface area contributed by atoms with Crippen molar-refractivity contribution in [2.24, 2.45) is 0 Å². The number of carbonyl (C=O) groups is 2. The average molecular weight is 414 g/mol. The molecule has 0 spiro atoms. The molecule has 0 saturated carbocycles. The molecule has 0 aliphatic carbocycles. The van der Waals surface area contributed by atoms with Crippen molar-refractivity contribution in [3.8, 4) is 0 Å². The summed E-state index contributed by atoms with van der Waals surface area (Å²) in [5.41, 5.74) is -0.674. The van der Waals surface area contributed by atoms with Gasteiger partial charge < -0.3 is 19.6 Å². The van der Waals surface area contributed by atoms with E-state index in [1.54, 1.807) is 26.8 Å². The number of nitrogens with one attached hydrogen (secondary N) is 1. The average Bonchev–Trinajstić information content (AvgIpc) is 2.48. The van der Waals surface area contributed by atoms with E-state index >= 15 is 0 Å². The summed E-state index contributed by atoms with van der Waals surface area (Å²) >= 11 is 0. The van der Waals surface area contributed by atoms with Gasteiger partial charge in [-0.3, -0.25) is 0 Å². The van der Waals surface area contributed by atoms with Crippen molar-refractivity contribution in [2.45, 2.75) is 96.7 Å². The highest BCUT2D eigenvalue weighted by Crippen LogP contribution is 2.37. The van der Waals surface area contributed by atoms with Crippen molar-refractivity contribution in [1.82, 2.24) is 5.32 Å². The maximum absolute atomic E-state index is 11.8. The summed E-state index contributed by atoms with van der Waals surface area (Å²) in [7, 11) is -1.86. The fourth-order valence-corrected chi connectivity index (χ4v) is 3.39. The van der Waals surface area contributed by atoms with Crippen LogP contribution in [0, 0.1) is 0 Å². The van der Waals surface area contributed by atoms with Gasteiger partial charge in [0.15, 0.2) is 8.32 Å². The lowest BCUT2D eigenvalue weighted by Gasteiger charge is -2.38. The minimum absolute atomic E-state index is 0.0271. The van der Waals surface area contributed by atoms with E-state index in [0.29, 0.717) is 0 Å². The van der Waals surface area contributed by atoms with E-state index in [4.69, 9.17) is 9.16 Å². The van der Waals surface area contributed by atoms with Crippen LogP contribution in [0.25, 0.3) is 0 Å². The zero-order valence-corrected chi connectivity index (χ0v) is 19.8. The molecule has 1 unspecified atom stereocenters. The molecule has 1 amide bonds. The van der Waals surface area contributed by atoms with E-state index in [2.05, 4.69) is 45.8 Å². The zero-order valence-electron chi connectivity index (χ0n) is 18.8. The lowest BCUT2D eigenvalue weighted by atomic mass is 10.1. The number of carboxylic acid groups (broad SMARTS) is 1. The normalized spacial score (nSPS) is 15.1. The van der Waals surface area contributed by atoms with Crippen molar-refractivity contribution in [3.05, 3.63) is 24.8 Å². The quantitative estimate of drug-likeness (QED) is 0.376.